The van der Waals surface area contributed by atoms with E-state index in [1.807, 2.05) is 17.7 Å². The quantitative estimate of drug-likeness (QED) is 0.812. The van der Waals surface area contributed by atoms with Crippen molar-refractivity contribution in [2.24, 2.45) is 7.05 Å². The summed E-state index contributed by atoms with van der Waals surface area (Å²) in [6.45, 7) is 5.15. The summed E-state index contributed by atoms with van der Waals surface area (Å²) in [7, 11) is 1.94. The van der Waals surface area contributed by atoms with Crippen LogP contribution in [0, 0.1) is 0 Å². The van der Waals surface area contributed by atoms with E-state index in [9.17, 15) is 4.79 Å². The molecule has 0 N–H and O–H groups in total. The largest absolute Gasteiger partial charge is 0.379 e. The molecular formula is C17H19N3O2. The minimum atomic E-state index is -0.111. The molecule has 1 aromatic heterocycles. The molecule has 2 heterocycles. The second-order valence-corrected chi connectivity index (χ2v) is 6.29. The number of aryl methyl sites for hydroxylation is 1. The molecule has 0 radical (unpaired) electrons. The van der Waals surface area contributed by atoms with E-state index < -0.39 is 0 Å². The first-order valence-electron chi connectivity index (χ1n) is 7.36. The van der Waals surface area contributed by atoms with Gasteiger partial charge in [-0.25, -0.2) is 0 Å². The van der Waals surface area contributed by atoms with Gasteiger partial charge in [-0.3, -0.25) is 4.79 Å². The van der Waals surface area contributed by atoms with Crippen LogP contribution in [0.15, 0.2) is 36.7 Å². The summed E-state index contributed by atoms with van der Waals surface area (Å²) in [4.78, 5) is 12.2. The Bertz CT molecular complexity index is 793. The van der Waals surface area contributed by atoms with Gasteiger partial charge in [-0.05, 0) is 22.8 Å². The van der Waals surface area contributed by atoms with Crippen LogP contribution in [0.2, 0.25) is 0 Å². The number of aromatic nitrogens is 3. The van der Waals surface area contributed by atoms with Gasteiger partial charge in [0.2, 0.25) is 0 Å². The van der Waals surface area contributed by atoms with Crippen molar-refractivity contribution in [1.29, 1.82) is 0 Å². The minimum absolute atomic E-state index is 0. The van der Waals surface area contributed by atoms with Gasteiger partial charge in [-0.1, -0.05) is 18.7 Å². The number of rotatable bonds is 3. The van der Waals surface area contributed by atoms with Gasteiger partial charge in [0.15, 0.2) is 5.78 Å². The lowest BCUT2D eigenvalue weighted by Crippen LogP contribution is -2.49. The predicted octanol–water partition coefficient (Wildman–Crippen LogP) is 1.87. The van der Waals surface area contributed by atoms with Crippen molar-refractivity contribution in [2.45, 2.75) is 18.3 Å². The Balaban J connectivity index is 0.00000156. The van der Waals surface area contributed by atoms with E-state index in [2.05, 4.69) is 28.9 Å². The maximum Gasteiger partial charge on any atom is 0.189 e. The first kappa shape index (κ1) is 13.4. The Labute approximate surface area is 130 Å². The molecule has 114 valence electrons. The van der Waals surface area contributed by atoms with Gasteiger partial charge in [-0.15, -0.1) is 10.2 Å². The molecule has 0 saturated carbocycles. The summed E-state index contributed by atoms with van der Waals surface area (Å²) < 4.78 is 7.42. The van der Waals surface area contributed by atoms with Crippen molar-refractivity contribution in [3.05, 3.63) is 59.2 Å². The summed E-state index contributed by atoms with van der Waals surface area (Å²) in [5.41, 5.74) is 3.59. The third-order valence-electron chi connectivity index (χ3n) is 4.75. The molecule has 0 amide bonds. The average Bonchev–Trinajstić information content (AvgIpc) is 2.99. The number of allylic oxidation sites excluding steroid dienone is 1. The SMILES string of the molecule is C=C1Cc2ccc(C3(Cc4nncn4C)COC3)cc2C1=O.[HH]. The number of ether oxygens (including phenoxy) is 1. The number of hydrogen-bond acceptors (Lipinski definition) is 4. The number of fused-ring (bicyclic) bond motifs is 1. The topological polar surface area (TPSA) is 57.0 Å². The van der Waals surface area contributed by atoms with Crippen LogP contribution < -0.4 is 0 Å². The molecule has 5 heteroatoms. The molecule has 1 fully saturated rings. The van der Waals surface area contributed by atoms with Crippen LogP contribution in [0.4, 0.5) is 0 Å². The highest BCUT2D eigenvalue weighted by atomic mass is 16.5. The summed E-state index contributed by atoms with van der Waals surface area (Å²) >= 11 is 0. The smallest absolute Gasteiger partial charge is 0.189 e. The summed E-state index contributed by atoms with van der Waals surface area (Å²) in [6, 6.07) is 6.19. The summed E-state index contributed by atoms with van der Waals surface area (Å²) in [6.07, 6.45) is 3.14. The number of Topliss-reactive ketones (excluding diaryl/α,β-unsaturated/α-hetero) is 1. The lowest BCUT2D eigenvalue weighted by molar-refractivity contribution is -0.0611. The zero-order chi connectivity index (χ0) is 15.3. The minimum Gasteiger partial charge on any atom is -0.379 e. The van der Waals surface area contributed by atoms with Crippen LogP contribution >= 0.6 is 0 Å². The summed E-state index contributed by atoms with van der Waals surface area (Å²) in [5, 5.41) is 8.13. The molecule has 2 aliphatic rings. The number of carbonyl (C=O) groups excluding carboxylic acids is 1. The molecule has 1 aliphatic heterocycles. The van der Waals surface area contributed by atoms with Crippen molar-refractivity contribution < 1.29 is 11.0 Å². The number of benzene rings is 1. The van der Waals surface area contributed by atoms with E-state index in [4.69, 9.17) is 4.74 Å². The Hall–Kier alpha value is -2.27. The highest BCUT2D eigenvalue weighted by molar-refractivity contribution is 6.12. The van der Waals surface area contributed by atoms with E-state index >= 15 is 0 Å². The van der Waals surface area contributed by atoms with E-state index in [0.717, 1.165) is 28.9 Å². The van der Waals surface area contributed by atoms with Crippen molar-refractivity contribution in [2.75, 3.05) is 13.2 Å². The van der Waals surface area contributed by atoms with Crippen LogP contribution in [0.5, 0.6) is 0 Å². The fourth-order valence-corrected chi connectivity index (χ4v) is 3.26. The molecule has 1 aromatic carbocycles. The van der Waals surface area contributed by atoms with Crippen molar-refractivity contribution in [3.63, 3.8) is 0 Å². The normalized spacial score (nSPS) is 19.1. The third-order valence-corrected chi connectivity index (χ3v) is 4.75. The van der Waals surface area contributed by atoms with Crippen molar-refractivity contribution in [1.82, 2.24) is 14.8 Å². The number of hydrogen-bond donors (Lipinski definition) is 0. The first-order chi connectivity index (χ1) is 10.6. The third kappa shape index (κ3) is 1.85. The second-order valence-electron chi connectivity index (χ2n) is 6.29. The average molecular weight is 297 g/mol. The Morgan fingerprint density at radius 2 is 2.27 bits per heavy atom. The van der Waals surface area contributed by atoms with Crippen LogP contribution in [0.25, 0.3) is 0 Å². The monoisotopic (exact) mass is 297 g/mol. The highest BCUT2D eigenvalue weighted by Gasteiger charge is 2.42. The van der Waals surface area contributed by atoms with Crippen molar-refractivity contribution >= 4 is 5.78 Å². The molecule has 22 heavy (non-hydrogen) atoms. The number of carbonyl (C=O) groups is 1. The van der Waals surface area contributed by atoms with Gasteiger partial charge < -0.3 is 9.30 Å². The lowest BCUT2D eigenvalue weighted by Gasteiger charge is -2.42. The molecule has 0 bridgehead atoms. The van der Waals surface area contributed by atoms with Gasteiger partial charge in [0.25, 0.3) is 0 Å². The van der Waals surface area contributed by atoms with Gasteiger partial charge in [0.1, 0.15) is 12.2 Å². The summed E-state index contributed by atoms with van der Waals surface area (Å²) in [5.74, 6) is 1.01. The van der Waals surface area contributed by atoms with Gasteiger partial charge in [0, 0.05) is 32.3 Å². The molecule has 5 nitrogen and oxygen atoms in total. The van der Waals surface area contributed by atoms with Crippen molar-refractivity contribution in [3.8, 4) is 0 Å². The van der Waals surface area contributed by atoms with Crippen LogP contribution in [-0.2, 0) is 30.0 Å². The van der Waals surface area contributed by atoms with E-state index in [1.54, 1.807) is 6.33 Å². The standard InChI is InChI=1S/C17H17N3O2.H2/c1-11-5-12-3-4-13(6-14(12)16(11)21)17(8-22-9-17)7-15-19-18-10-20(15)2;/h3-4,6,10H,1,5,7-9H2,2H3;1H. The Kier molecular flexibility index (Phi) is 2.81. The van der Waals surface area contributed by atoms with E-state index in [-0.39, 0.29) is 12.6 Å². The van der Waals surface area contributed by atoms with E-state index in [0.29, 0.717) is 25.2 Å². The molecule has 4 rings (SSSR count). The van der Waals surface area contributed by atoms with Gasteiger partial charge in [0.05, 0.1) is 13.2 Å². The molecule has 1 saturated heterocycles. The highest BCUT2D eigenvalue weighted by Crippen LogP contribution is 2.38. The first-order valence-corrected chi connectivity index (χ1v) is 7.36. The molecule has 2 aromatic rings. The number of nitrogens with zero attached hydrogens (tertiary/aromatic N) is 3. The molecule has 0 atom stereocenters. The van der Waals surface area contributed by atoms with E-state index in [1.165, 1.54) is 0 Å². The molecule has 1 aliphatic carbocycles. The van der Waals surface area contributed by atoms with Gasteiger partial charge >= 0.3 is 0 Å². The maximum absolute atomic E-state index is 12.2. The zero-order valence-corrected chi connectivity index (χ0v) is 12.5. The zero-order valence-electron chi connectivity index (χ0n) is 12.5. The Morgan fingerprint density at radius 3 is 2.91 bits per heavy atom. The van der Waals surface area contributed by atoms with Crippen LogP contribution in [0.1, 0.15) is 28.7 Å². The fourth-order valence-electron chi connectivity index (χ4n) is 3.26. The van der Waals surface area contributed by atoms with Crippen LogP contribution in [0.3, 0.4) is 0 Å². The number of ketones is 1. The molecule has 0 unspecified atom stereocenters. The lowest BCUT2D eigenvalue weighted by atomic mass is 9.75. The Morgan fingerprint density at radius 1 is 1.45 bits per heavy atom. The van der Waals surface area contributed by atoms with Gasteiger partial charge in [-0.2, -0.15) is 0 Å². The maximum atomic E-state index is 12.2. The van der Waals surface area contributed by atoms with Crippen LogP contribution in [-0.4, -0.2) is 33.8 Å². The molecular weight excluding hydrogens is 278 g/mol. The second kappa shape index (κ2) is 4.61. The fraction of sp³-hybridized carbons (Fsp3) is 0.353. The molecule has 0 spiro atoms. The predicted molar refractivity (Wildman–Crippen MR) is 82.9 cm³/mol.